The Morgan fingerprint density at radius 3 is 2.64 bits per heavy atom. The molecule has 0 bridgehead atoms. The lowest BCUT2D eigenvalue weighted by molar-refractivity contribution is -0.388. The largest absolute Gasteiger partial charge is 0.509 e. The number of carboxylic acid groups (broad SMARTS) is 1. The van der Waals surface area contributed by atoms with Crippen LogP contribution in [0.1, 0.15) is 11.5 Å². The molecule has 74 valence electrons. The molecule has 0 aliphatic rings. The minimum absolute atomic E-state index is 0.503. The molecular weight excluding hydrogens is 180 g/mol. The van der Waals surface area contributed by atoms with Crippen LogP contribution in [0, 0.1) is 0 Å². The van der Waals surface area contributed by atoms with Crippen LogP contribution in [-0.4, -0.2) is 15.8 Å². The summed E-state index contributed by atoms with van der Waals surface area (Å²) in [6.45, 7) is 7.14. The molecule has 0 unspecified atom stereocenters. The molecule has 1 heterocycles. The summed E-state index contributed by atoms with van der Waals surface area (Å²) in [5, 5.41) is 8.96. The lowest BCUT2D eigenvalue weighted by Crippen LogP contribution is -2.18. The smallest absolute Gasteiger partial charge is 0.446 e. The van der Waals surface area contributed by atoms with Crippen molar-refractivity contribution >= 4 is 6.09 Å². The number of hydrogen-bond donors (Lipinski definition) is 1. The number of H-pyrrole nitrogens is 1. The molecule has 0 radical (unpaired) electrons. The third-order valence-electron chi connectivity index (χ3n) is 1.84. The van der Waals surface area contributed by atoms with Gasteiger partial charge in [-0.25, -0.2) is 4.98 Å². The molecule has 14 heavy (non-hydrogen) atoms. The minimum Gasteiger partial charge on any atom is -0.446 e. The fraction of sp³-hybridized carbons (Fsp3) is 0.200. The second-order valence-corrected chi connectivity index (χ2v) is 2.83. The van der Waals surface area contributed by atoms with E-state index in [0.717, 1.165) is 0 Å². The van der Waals surface area contributed by atoms with Crippen LogP contribution in [0.3, 0.4) is 0 Å². The first-order valence-corrected chi connectivity index (χ1v) is 4.27. The Morgan fingerprint density at radius 2 is 2.14 bits per heavy atom. The Bertz CT molecular complexity index is 339. The third kappa shape index (κ3) is 1.90. The third-order valence-corrected chi connectivity index (χ3v) is 1.84. The normalized spacial score (nSPS) is 9.71. The molecule has 0 aliphatic heterocycles. The van der Waals surface area contributed by atoms with Crippen LogP contribution in [0.5, 0.6) is 0 Å². The van der Waals surface area contributed by atoms with Crippen molar-refractivity contribution in [3.8, 4) is 0 Å². The van der Waals surface area contributed by atoms with E-state index in [1.165, 1.54) is 4.57 Å². The molecule has 0 atom stereocenters. The van der Waals surface area contributed by atoms with Gasteiger partial charge in [0.25, 0.3) is 5.82 Å². The van der Waals surface area contributed by atoms with Gasteiger partial charge in [0.15, 0.2) is 5.69 Å². The Labute approximate surface area is 82.2 Å². The predicted octanol–water partition coefficient (Wildman–Crippen LogP) is 1.29. The van der Waals surface area contributed by atoms with Crippen molar-refractivity contribution in [3.05, 3.63) is 43.0 Å². The predicted molar refractivity (Wildman–Crippen MR) is 52.2 cm³/mol. The summed E-state index contributed by atoms with van der Waals surface area (Å²) in [6.07, 6.45) is 5.04. The number of nitrogens with zero attached hydrogens (tertiary/aromatic N) is 1. The molecule has 2 N–H and O–H groups in total. The zero-order chi connectivity index (χ0) is 10.6. The van der Waals surface area contributed by atoms with Crippen molar-refractivity contribution in [2.24, 2.45) is 0 Å². The molecule has 1 aromatic heterocycles. The number of imidazole rings is 1. The van der Waals surface area contributed by atoms with Crippen molar-refractivity contribution in [2.45, 2.75) is 12.8 Å². The molecular formula is C10H13N2O2+. The van der Waals surface area contributed by atoms with Crippen LogP contribution >= 0.6 is 0 Å². The summed E-state index contributed by atoms with van der Waals surface area (Å²) in [7, 11) is 0. The van der Waals surface area contributed by atoms with E-state index < -0.39 is 6.09 Å². The molecule has 0 saturated heterocycles. The van der Waals surface area contributed by atoms with Crippen molar-refractivity contribution in [1.29, 1.82) is 0 Å². The highest BCUT2D eigenvalue weighted by Crippen LogP contribution is 2.04. The molecule has 0 aromatic carbocycles. The second-order valence-electron chi connectivity index (χ2n) is 2.83. The maximum absolute atomic E-state index is 10.9. The van der Waals surface area contributed by atoms with Gasteiger partial charge in [-0.3, -0.25) is 0 Å². The molecule has 1 rings (SSSR count). The van der Waals surface area contributed by atoms with E-state index >= 15 is 0 Å². The fourth-order valence-corrected chi connectivity index (χ4v) is 1.29. The van der Waals surface area contributed by atoms with Crippen LogP contribution in [0.25, 0.3) is 0 Å². The van der Waals surface area contributed by atoms with Gasteiger partial charge in [0.2, 0.25) is 0 Å². The average molecular weight is 193 g/mol. The number of aromatic amines is 1. The van der Waals surface area contributed by atoms with E-state index in [-0.39, 0.29) is 0 Å². The Hall–Kier alpha value is -1.84. The topological polar surface area (TPSA) is 56.4 Å². The number of rotatable bonds is 4. The van der Waals surface area contributed by atoms with Gasteiger partial charge in [0, 0.05) is 6.42 Å². The van der Waals surface area contributed by atoms with Crippen molar-refractivity contribution in [2.75, 3.05) is 0 Å². The Morgan fingerprint density at radius 1 is 1.50 bits per heavy atom. The van der Waals surface area contributed by atoms with Crippen molar-refractivity contribution in [1.82, 2.24) is 4.57 Å². The molecule has 4 nitrogen and oxygen atoms in total. The maximum Gasteiger partial charge on any atom is 0.509 e. The summed E-state index contributed by atoms with van der Waals surface area (Å²) in [5.74, 6) is 0.615. The van der Waals surface area contributed by atoms with Gasteiger partial charge in [-0.2, -0.15) is 4.79 Å². The molecule has 0 spiro atoms. The average Bonchev–Trinajstić information content (AvgIpc) is 2.49. The SMILES string of the molecule is C=CCc1c[nH+]c(CC=C)n1C(=O)O. The second kappa shape index (κ2) is 4.41. The highest BCUT2D eigenvalue weighted by Gasteiger charge is 2.21. The summed E-state index contributed by atoms with van der Waals surface area (Å²) in [5.41, 5.74) is 0.685. The lowest BCUT2D eigenvalue weighted by Gasteiger charge is -1.94. The minimum atomic E-state index is -0.986. The Kier molecular flexibility index (Phi) is 3.23. The summed E-state index contributed by atoms with van der Waals surface area (Å²) < 4.78 is 1.23. The van der Waals surface area contributed by atoms with Crippen molar-refractivity contribution < 1.29 is 14.9 Å². The Balaban J connectivity index is 3.12. The first-order valence-electron chi connectivity index (χ1n) is 4.27. The van der Waals surface area contributed by atoms with Crippen LogP contribution < -0.4 is 4.98 Å². The summed E-state index contributed by atoms with van der Waals surface area (Å²) in [6, 6.07) is 0. The summed E-state index contributed by atoms with van der Waals surface area (Å²) >= 11 is 0. The van der Waals surface area contributed by atoms with Crippen molar-refractivity contribution in [3.63, 3.8) is 0 Å². The van der Waals surface area contributed by atoms with Gasteiger partial charge in [0.1, 0.15) is 6.20 Å². The molecule has 0 saturated carbocycles. The van der Waals surface area contributed by atoms with Crippen LogP contribution in [0.2, 0.25) is 0 Å². The first-order chi connectivity index (χ1) is 6.70. The maximum atomic E-state index is 10.9. The number of aromatic nitrogens is 2. The highest BCUT2D eigenvalue weighted by atomic mass is 16.4. The van der Waals surface area contributed by atoms with E-state index in [0.29, 0.717) is 24.4 Å². The van der Waals surface area contributed by atoms with E-state index in [4.69, 9.17) is 5.11 Å². The van der Waals surface area contributed by atoms with Gasteiger partial charge in [-0.05, 0) is 0 Å². The van der Waals surface area contributed by atoms with Gasteiger partial charge >= 0.3 is 6.09 Å². The van der Waals surface area contributed by atoms with E-state index in [1.807, 2.05) is 0 Å². The van der Waals surface area contributed by atoms with Gasteiger partial charge < -0.3 is 5.11 Å². The first kappa shape index (κ1) is 10.2. The fourth-order valence-electron chi connectivity index (χ4n) is 1.29. The number of carbonyl (C=O) groups is 1. The number of nitrogens with one attached hydrogen (secondary N) is 1. The van der Waals surface area contributed by atoms with E-state index in [2.05, 4.69) is 18.1 Å². The quantitative estimate of drug-likeness (QED) is 0.732. The van der Waals surface area contributed by atoms with Crippen LogP contribution in [0.15, 0.2) is 31.5 Å². The molecule has 0 fully saturated rings. The van der Waals surface area contributed by atoms with Crippen LogP contribution in [0.4, 0.5) is 4.79 Å². The molecule has 4 heteroatoms. The zero-order valence-corrected chi connectivity index (χ0v) is 7.86. The molecule has 1 aromatic rings. The lowest BCUT2D eigenvalue weighted by atomic mass is 10.3. The van der Waals surface area contributed by atoms with Gasteiger partial charge in [0.05, 0.1) is 6.42 Å². The van der Waals surface area contributed by atoms with Gasteiger partial charge in [-0.15, -0.1) is 17.7 Å². The van der Waals surface area contributed by atoms with E-state index in [1.54, 1.807) is 18.3 Å². The monoisotopic (exact) mass is 193 g/mol. The van der Waals surface area contributed by atoms with E-state index in [9.17, 15) is 4.79 Å². The zero-order valence-electron chi connectivity index (χ0n) is 7.86. The van der Waals surface area contributed by atoms with Gasteiger partial charge in [-0.1, -0.05) is 12.2 Å². The number of allylic oxidation sites excluding steroid dienone is 2. The number of hydrogen-bond acceptors (Lipinski definition) is 1. The molecule has 0 amide bonds. The summed E-state index contributed by atoms with van der Waals surface area (Å²) in [4.78, 5) is 13.8. The van der Waals surface area contributed by atoms with Crippen LogP contribution in [-0.2, 0) is 12.8 Å². The standard InChI is InChI=1S/C10H12N2O2/c1-3-5-8-7-11-9(6-4-2)12(8)10(13)14/h3-4,7H,1-2,5-6H2,(H,13,14)/p+1. The highest BCUT2D eigenvalue weighted by molar-refractivity contribution is 5.69. The molecule has 0 aliphatic carbocycles.